The number of rotatable bonds is 2. The largest absolute Gasteiger partial charge is 0.497 e. The molecule has 0 aliphatic rings. The highest BCUT2D eigenvalue weighted by molar-refractivity contribution is 7.13. The average Bonchev–Trinajstić information content (AvgIpc) is 3.00. The number of H-pyrrole nitrogens is 1. The molecule has 4 aromatic rings. The van der Waals surface area contributed by atoms with Crippen LogP contribution in [0.5, 0.6) is 5.75 Å². The van der Waals surface area contributed by atoms with Gasteiger partial charge in [0.05, 0.1) is 23.7 Å². The smallest absolute Gasteiger partial charge is 0.200 e. The van der Waals surface area contributed by atoms with Crippen molar-refractivity contribution in [2.75, 3.05) is 7.11 Å². The average molecular weight is 322 g/mol. The molecule has 4 rings (SSSR count). The number of fused-ring (bicyclic) bond motifs is 2. The lowest BCUT2D eigenvalue weighted by Crippen LogP contribution is -2.04. The number of methoxy groups -OCH3 is 1. The summed E-state index contributed by atoms with van der Waals surface area (Å²) in [4.78, 5) is 17.1. The van der Waals surface area contributed by atoms with E-state index in [9.17, 15) is 4.79 Å². The summed E-state index contributed by atoms with van der Waals surface area (Å²) in [6.45, 7) is 1.99. The van der Waals surface area contributed by atoms with E-state index in [1.54, 1.807) is 7.11 Å². The van der Waals surface area contributed by atoms with Gasteiger partial charge in [0, 0.05) is 10.9 Å². The Morgan fingerprint density at radius 1 is 1.13 bits per heavy atom. The first kappa shape index (κ1) is 14.0. The van der Waals surface area contributed by atoms with Crippen molar-refractivity contribution in [2.45, 2.75) is 6.92 Å². The van der Waals surface area contributed by atoms with E-state index in [2.05, 4.69) is 9.36 Å². The molecule has 0 atom stereocenters. The van der Waals surface area contributed by atoms with Gasteiger partial charge in [0.25, 0.3) is 0 Å². The molecule has 2 aromatic heterocycles. The van der Waals surface area contributed by atoms with Crippen LogP contribution in [0.15, 0.2) is 47.3 Å². The van der Waals surface area contributed by atoms with E-state index in [-0.39, 0.29) is 5.43 Å². The first-order chi connectivity index (χ1) is 11.2. The second-order valence-corrected chi connectivity index (χ2v) is 6.24. The molecule has 0 aliphatic carbocycles. The Morgan fingerprint density at radius 3 is 2.65 bits per heavy atom. The summed E-state index contributed by atoms with van der Waals surface area (Å²) < 4.78 is 9.68. The quantitative estimate of drug-likeness (QED) is 0.604. The normalized spacial score (nSPS) is 11.2. The lowest BCUT2D eigenvalue weighted by atomic mass is 10.1. The zero-order valence-corrected chi connectivity index (χ0v) is 13.5. The summed E-state index contributed by atoms with van der Waals surface area (Å²) in [7, 11) is 1.63. The van der Waals surface area contributed by atoms with Crippen molar-refractivity contribution in [1.29, 1.82) is 0 Å². The number of nitrogens with one attached hydrogen (secondary N) is 1. The molecule has 0 spiro atoms. The standard InChI is InChI=1S/C18H14N2O2S/c1-10-3-8-14-13(9-10)17(21)15-16(20-23-18(15)19-14)11-4-6-12(22-2)7-5-11/h3-9H,1-2H3,(H,19,21). The van der Waals surface area contributed by atoms with Gasteiger partial charge >= 0.3 is 0 Å². The Hall–Kier alpha value is -2.66. The van der Waals surface area contributed by atoms with Gasteiger partial charge in [0.15, 0.2) is 5.43 Å². The van der Waals surface area contributed by atoms with Gasteiger partial charge in [-0.2, -0.15) is 4.37 Å². The third-order valence-corrected chi connectivity index (χ3v) is 4.71. The van der Waals surface area contributed by atoms with E-state index >= 15 is 0 Å². The number of aryl methyl sites for hydroxylation is 1. The Morgan fingerprint density at radius 2 is 1.91 bits per heavy atom. The van der Waals surface area contributed by atoms with Crippen LogP contribution in [0, 0.1) is 6.92 Å². The number of benzene rings is 2. The summed E-state index contributed by atoms with van der Waals surface area (Å²) in [6, 6.07) is 13.5. The van der Waals surface area contributed by atoms with E-state index in [0.717, 1.165) is 32.9 Å². The van der Waals surface area contributed by atoms with Crippen molar-refractivity contribution in [3.8, 4) is 17.0 Å². The summed E-state index contributed by atoms with van der Waals surface area (Å²) in [5.41, 5.74) is 3.57. The highest BCUT2D eigenvalue weighted by atomic mass is 32.1. The number of ether oxygens (including phenoxy) is 1. The molecule has 0 bridgehead atoms. The molecule has 23 heavy (non-hydrogen) atoms. The fourth-order valence-electron chi connectivity index (χ4n) is 2.74. The van der Waals surface area contributed by atoms with Gasteiger partial charge in [-0.25, -0.2) is 0 Å². The molecule has 0 unspecified atom stereocenters. The van der Waals surface area contributed by atoms with Crippen molar-refractivity contribution in [1.82, 2.24) is 9.36 Å². The van der Waals surface area contributed by atoms with Gasteiger partial charge in [0.2, 0.25) is 0 Å². The molecule has 0 radical (unpaired) electrons. The Bertz CT molecular complexity index is 1080. The topological polar surface area (TPSA) is 55.0 Å². The van der Waals surface area contributed by atoms with Gasteiger partial charge in [-0.15, -0.1) is 0 Å². The minimum atomic E-state index is 0.0250. The van der Waals surface area contributed by atoms with Gasteiger partial charge < -0.3 is 9.72 Å². The fraction of sp³-hybridized carbons (Fsp3) is 0.111. The van der Waals surface area contributed by atoms with Crippen molar-refractivity contribution < 1.29 is 4.74 Å². The summed E-state index contributed by atoms with van der Waals surface area (Å²) in [6.07, 6.45) is 0. The maximum atomic E-state index is 12.9. The maximum absolute atomic E-state index is 12.9. The van der Waals surface area contributed by atoms with E-state index < -0.39 is 0 Å². The molecule has 1 N–H and O–H groups in total. The zero-order chi connectivity index (χ0) is 16.0. The molecule has 2 aromatic carbocycles. The van der Waals surface area contributed by atoms with E-state index in [1.165, 1.54) is 11.5 Å². The van der Waals surface area contributed by atoms with Gasteiger partial charge in [-0.05, 0) is 54.9 Å². The number of pyridine rings is 1. The highest BCUT2D eigenvalue weighted by Crippen LogP contribution is 2.30. The molecule has 0 saturated carbocycles. The molecule has 0 amide bonds. The molecular formula is C18H14N2O2S. The van der Waals surface area contributed by atoms with Crippen LogP contribution in [0.25, 0.3) is 32.4 Å². The van der Waals surface area contributed by atoms with Crippen LogP contribution in [0.2, 0.25) is 0 Å². The SMILES string of the molecule is COc1ccc(-c2nsc3[nH]c4ccc(C)cc4c(=O)c23)cc1. The molecule has 5 heteroatoms. The number of nitrogens with zero attached hydrogens (tertiary/aromatic N) is 1. The number of hydrogen-bond acceptors (Lipinski definition) is 4. The molecule has 0 fully saturated rings. The number of aromatic amines is 1. The Kier molecular flexibility index (Phi) is 3.16. The van der Waals surface area contributed by atoms with Crippen LogP contribution in [-0.2, 0) is 0 Å². The summed E-state index contributed by atoms with van der Waals surface area (Å²) in [5.74, 6) is 0.781. The second kappa shape index (κ2) is 5.21. The van der Waals surface area contributed by atoms with Crippen molar-refractivity contribution in [3.05, 3.63) is 58.3 Å². The zero-order valence-electron chi connectivity index (χ0n) is 12.7. The van der Waals surface area contributed by atoms with Crippen LogP contribution in [0.1, 0.15) is 5.56 Å². The van der Waals surface area contributed by atoms with Crippen LogP contribution < -0.4 is 10.2 Å². The predicted octanol–water partition coefficient (Wildman–Crippen LogP) is 4.12. The first-order valence-electron chi connectivity index (χ1n) is 7.24. The molecule has 2 heterocycles. The van der Waals surface area contributed by atoms with E-state index in [4.69, 9.17) is 4.74 Å². The lowest BCUT2D eigenvalue weighted by Gasteiger charge is -2.03. The number of hydrogen-bond donors (Lipinski definition) is 1. The van der Waals surface area contributed by atoms with Crippen molar-refractivity contribution in [3.63, 3.8) is 0 Å². The summed E-state index contributed by atoms with van der Waals surface area (Å²) in [5, 5.41) is 1.35. The van der Waals surface area contributed by atoms with Gasteiger partial charge in [-0.1, -0.05) is 11.6 Å². The molecule has 114 valence electrons. The van der Waals surface area contributed by atoms with Gasteiger partial charge in [0.1, 0.15) is 10.6 Å². The molecule has 0 saturated heterocycles. The fourth-order valence-corrected chi connectivity index (χ4v) is 3.56. The monoisotopic (exact) mass is 322 g/mol. The first-order valence-corrected chi connectivity index (χ1v) is 8.01. The molecule has 4 nitrogen and oxygen atoms in total. The van der Waals surface area contributed by atoms with Crippen LogP contribution in [-0.4, -0.2) is 16.5 Å². The lowest BCUT2D eigenvalue weighted by molar-refractivity contribution is 0.415. The maximum Gasteiger partial charge on any atom is 0.200 e. The van der Waals surface area contributed by atoms with Crippen LogP contribution in [0.4, 0.5) is 0 Å². The Balaban J connectivity index is 2.02. The van der Waals surface area contributed by atoms with Gasteiger partial charge in [-0.3, -0.25) is 4.79 Å². The molecular weight excluding hydrogens is 308 g/mol. The van der Waals surface area contributed by atoms with Crippen LogP contribution in [0.3, 0.4) is 0 Å². The predicted molar refractivity (Wildman–Crippen MR) is 94.5 cm³/mol. The second-order valence-electron chi connectivity index (χ2n) is 5.47. The number of aromatic nitrogens is 2. The third kappa shape index (κ3) is 2.21. The minimum absolute atomic E-state index is 0.0250. The summed E-state index contributed by atoms with van der Waals surface area (Å²) >= 11 is 1.32. The van der Waals surface area contributed by atoms with E-state index in [0.29, 0.717) is 10.8 Å². The van der Waals surface area contributed by atoms with E-state index in [1.807, 2.05) is 49.4 Å². The third-order valence-electron chi connectivity index (χ3n) is 3.95. The highest BCUT2D eigenvalue weighted by Gasteiger charge is 2.15. The molecule has 0 aliphatic heterocycles. The van der Waals surface area contributed by atoms with Crippen molar-refractivity contribution >= 4 is 32.7 Å². The van der Waals surface area contributed by atoms with Crippen LogP contribution >= 0.6 is 11.5 Å². The minimum Gasteiger partial charge on any atom is -0.497 e. The Labute approximate surface area is 136 Å². The van der Waals surface area contributed by atoms with Crippen molar-refractivity contribution in [2.24, 2.45) is 0 Å².